The molecule has 0 atom stereocenters. The van der Waals surface area contributed by atoms with Gasteiger partial charge in [-0.15, -0.1) is 11.3 Å². The van der Waals surface area contributed by atoms with Gasteiger partial charge in [0.05, 0.1) is 10.7 Å². The van der Waals surface area contributed by atoms with Gasteiger partial charge in [-0.3, -0.25) is 0 Å². The molecule has 1 saturated heterocycles. The highest BCUT2D eigenvalue weighted by Crippen LogP contribution is 2.20. The fourth-order valence-electron chi connectivity index (χ4n) is 2.43. The fourth-order valence-corrected chi connectivity index (χ4v) is 4.20. The average Bonchev–Trinajstić information content (AvgIpc) is 3.05. The summed E-state index contributed by atoms with van der Waals surface area (Å²) in [5.41, 5.74) is 1.16. The molecule has 3 rings (SSSR count). The predicted molar refractivity (Wildman–Crippen MR) is 100.0 cm³/mol. The predicted octanol–water partition coefficient (Wildman–Crippen LogP) is 3.26. The van der Waals surface area contributed by atoms with Crippen LogP contribution < -0.4 is 10.2 Å². The molecule has 23 heavy (non-hydrogen) atoms. The fraction of sp³-hybridized carbons (Fsp3) is 0.562. The Bertz CT molecular complexity index is 622. The van der Waals surface area contributed by atoms with Crippen molar-refractivity contribution in [3.8, 4) is 0 Å². The van der Waals surface area contributed by atoms with Gasteiger partial charge in [-0.2, -0.15) is 11.8 Å². The second-order valence-corrected chi connectivity index (χ2v) is 7.98. The summed E-state index contributed by atoms with van der Waals surface area (Å²) >= 11 is 3.76. The number of hydrogen-bond acceptors (Lipinski definition) is 7. The van der Waals surface area contributed by atoms with Gasteiger partial charge in [-0.25, -0.2) is 15.0 Å². The number of hydrogen-bond donors (Lipinski definition) is 1. The molecule has 1 aliphatic heterocycles. The van der Waals surface area contributed by atoms with Gasteiger partial charge in [-0.1, -0.05) is 13.8 Å². The number of thioether (sulfide) groups is 1. The molecule has 0 radical (unpaired) electrons. The van der Waals surface area contributed by atoms with E-state index >= 15 is 0 Å². The van der Waals surface area contributed by atoms with E-state index in [1.54, 1.807) is 17.7 Å². The van der Waals surface area contributed by atoms with Gasteiger partial charge in [-0.05, 0) is 0 Å². The highest BCUT2D eigenvalue weighted by molar-refractivity contribution is 7.99. The van der Waals surface area contributed by atoms with Gasteiger partial charge in [0.2, 0.25) is 0 Å². The first-order chi connectivity index (χ1) is 11.2. The number of nitrogens with one attached hydrogen (secondary N) is 1. The zero-order valence-electron chi connectivity index (χ0n) is 13.7. The number of nitrogens with zero attached hydrogens (tertiary/aromatic N) is 4. The van der Waals surface area contributed by atoms with Crippen LogP contribution in [0.4, 0.5) is 11.6 Å². The lowest BCUT2D eigenvalue weighted by Crippen LogP contribution is -2.33. The molecule has 0 bridgehead atoms. The number of anilines is 2. The summed E-state index contributed by atoms with van der Waals surface area (Å²) < 4.78 is 0. The van der Waals surface area contributed by atoms with E-state index in [2.05, 4.69) is 50.5 Å². The first kappa shape index (κ1) is 16.5. The summed E-state index contributed by atoms with van der Waals surface area (Å²) in [4.78, 5) is 15.7. The van der Waals surface area contributed by atoms with Crippen molar-refractivity contribution in [3.63, 3.8) is 0 Å². The third-order valence-electron chi connectivity index (χ3n) is 3.74. The minimum absolute atomic E-state index is 0.508. The van der Waals surface area contributed by atoms with Crippen molar-refractivity contribution in [2.24, 2.45) is 0 Å². The first-order valence-corrected chi connectivity index (χ1v) is 10.1. The van der Waals surface area contributed by atoms with Gasteiger partial charge in [0, 0.05) is 54.9 Å². The molecule has 7 heteroatoms. The molecule has 0 amide bonds. The van der Waals surface area contributed by atoms with Gasteiger partial charge < -0.3 is 10.2 Å². The minimum Gasteiger partial charge on any atom is -0.370 e. The lowest BCUT2D eigenvalue weighted by atomic mass is 10.2. The molecule has 2 aromatic rings. The summed E-state index contributed by atoms with van der Waals surface area (Å²) in [5, 5.41) is 6.77. The molecule has 0 aliphatic carbocycles. The van der Waals surface area contributed by atoms with Crippen molar-refractivity contribution < 1.29 is 0 Å². The Morgan fingerprint density at radius 2 is 2.09 bits per heavy atom. The van der Waals surface area contributed by atoms with Gasteiger partial charge in [0.25, 0.3) is 0 Å². The van der Waals surface area contributed by atoms with Gasteiger partial charge in [0.1, 0.15) is 18.0 Å². The molecule has 0 unspecified atom stereocenters. The van der Waals surface area contributed by atoms with Crippen LogP contribution in [0.3, 0.4) is 0 Å². The molecular weight excluding hydrogens is 326 g/mol. The molecule has 2 aromatic heterocycles. The molecule has 0 saturated carbocycles. The van der Waals surface area contributed by atoms with Crippen LogP contribution >= 0.6 is 23.1 Å². The van der Waals surface area contributed by atoms with Crippen LogP contribution in [-0.4, -0.2) is 46.1 Å². The number of aromatic nitrogens is 3. The van der Waals surface area contributed by atoms with E-state index in [1.165, 1.54) is 16.5 Å². The van der Waals surface area contributed by atoms with Crippen molar-refractivity contribution in [1.82, 2.24) is 15.0 Å². The highest BCUT2D eigenvalue weighted by atomic mass is 32.2. The van der Waals surface area contributed by atoms with Crippen LogP contribution in [0.5, 0.6) is 0 Å². The zero-order valence-corrected chi connectivity index (χ0v) is 15.3. The lowest BCUT2D eigenvalue weighted by Gasteiger charge is -2.27. The summed E-state index contributed by atoms with van der Waals surface area (Å²) in [7, 11) is 0. The minimum atomic E-state index is 0.508. The van der Waals surface area contributed by atoms with Crippen LogP contribution in [0.1, 0.15) is 30.5 Å². The topological polar surface area (TPSA) is 53.9 Å². The molecule has 0 aromatic carbocycles. The first-order valence-electron chi connectivity index (χ1n) is 8.05. The largest absolute Gasteiger partial charge is 0.370 e. The molecular formula is C16H23N5S2. The van der Waals surface area contributed by atoms with Crippen molar-refractivity contribution in [3.05, 3.63) is 28.5 Å². The van der Waals surface area contributed by atoms with Crippen molar-refractivity contribution in [1.29, 1.82) is 0 Å². The van der Waals surface area contributed by atoms with Crippen molar-refractivity contribution in [2.45, 2.75) is 26.2 Å². The molecule has 1 fully saturated rings. The Morgan fingerprint density at radius 3 is 2.83 bits per heavy atom. The second kappa shape index (κ2) is 7.97. The molecule has 124 valence electrons. The molecule has 1 aliphatic rings. The summed E-state index contributed by atoms with van der Waals surface area (Å²) in [5.74, 6) is 4.78. The third-order valence-corrected chi connectivity index (χ3v) is 5.88. The quantitative estimate of drug-likeness (QED) is 0.864. The third kappa shape index (κ3) is 4.57. The van der Waals surface area contributed by atoms with E-state index in [9.17, 15) is 0 Å². The maximum atomic E-state index is 4.67. The molecule has 1 N–H and O–H groups in total. The number of thiazole rings is 1. The van der Waals surface area contributed by atoms with Crippen LogP contribution in [0.15, 0.2) is 17.8 Å². The van der Waals surface area contributed by atoms with Crippen LogP contribution in [0.25, 0.3) is 0 Å². The second-order valence-electron chi connectivity index (χ2n) is 5.87. The number of rotatable bonds is 6. The lowest BCUT2D eigenvalue weighted by molar-refractivity contribution is 0.831. The van der Waals surface area contributed by atoms with Crippen LogP contribution in [0, 0.1) is 0 Å². The summed E-state index contributed by atoms with van der Waals surface area (Å²) in [6.07, 6.45) is 2.57. The van der Waals surface area contributed by atoms with E-state index in [4.69, 9.17) is 0 Å². The van der Waals surface area contributed by atoms with Crippen LogP contribution in [0.2, 0.25) is 0 Å². The van der Waals surface area contributed by atoms with Gasteiger partial charge in [0.15, 0.2) is 0 Å². The summed E-state index contributed by atoms with van der Waals surface area (Å²) in [6, 6.07) is 2.05. The SMILES string of the molecule is CC(C)c1nc(CCNc2cc(N3CCSCC3)ncn2)cs1. The Labute approximate surface area is 145 Å². The van der Waals surface area contributed by atoms with E-state index < -0.39 is 0 Å². The Balaban J connectivity index is 1.53. The van der Waals surface area contributed by atoms with Gasteiger partial charge >= 0.3 is 0 Å². The Morgan fingerprint density at radius 1 is 1.26 bits per heavy atom. The zero-order chi connectivity index (χ0) is 16.1. The van der Waals surface area contributed by atoms with Crippen LogP contribution in [-0.2, 0) is 6.42 Å². The average molecular weight is 350 g/mol. The summed E-state index contributed by atoms with van der Waals surface area (Å²) in [6.45, 7) is 7.34. The Hall–Kier alpha value is -1.34. The Kier molecular flexibility index (Phi) is 5.72. The van der Waals surface area contributed by atoms with Crippen molar-refractivity contribution in [2.75, 3.05) is 41.4 Å². The maximum absolute atomic E-state index is 4.67. The van der Waals surface area contributed by atoms with E-state index in [0.29, 0.717) is 5.92 Å². The monoisotopic (exact) mass is 349 g/mol. The maximum Gasteiger partial charge on any atom is 0.134 e. The molecule has 3 heterocycles. The molecule has 5 nitrogen and oxygen atoms in total. The molecule has 0 spiro atoms. The van der Waals surface area contributed by atoms with Crippen molar-refractivity contribution >= 4 is 34.7 Å². The van der Waals surface area contributed by atoms with E-state index in [1.807, 2.05) is 11.8 Å². The smallest absolute Gasteiger partial charge is 0.134 e. The van der Waals surface area contributed by atoms with E-state index in [-0.39, 0.29) is 0 Å². The highest BCUT2D eigenvalue weighted by Gasteiger charge is 2.13. The van der Waals surface area contributed by atoms with E-state index in [0.717, 1.165) is 43.4 Å². The normalized spacial score (nSPS) is 15.2. The standard InChI is InChI=1S/C16H23N5S2/c1-12(2)16-20-13(10-23-16)3-4-17-14-9-15(19-11-18-14)21-5-7-22-8-6-21/h9-12H,3-8H2,1-2H3,(H,17,18,19).